The number of benzene rings is 1. The van der Waals surface area contributed by atoms with E-state index in [2.05, 4.69) is 45.6 Å². The molecule has 0 saturated carbocycles. The van der Waals surface area contributed by atoms with Crippen LogP contribution in [0.2, 0.25) is 0 Å². The van der Waals surface area contributed by atoms with Crippen LogP contribution < -0.4 is 15.5 Å². The van der Waals surface area contributed by atoms with Gasteiger partial charge in [-0.1, -0.05) is 18.3 Å². The molecule has 3 heterocycles. The third-order valence-electron chi connectivity index (χ3n) is 5.09. The molecule has 2 aliphatic heterocycles. The van der Waals surface area contributed by atoms with Crippen LogP contribution in [0.1, 0.15) is 19.8 Å². The molecular weight excluding hydrogens is 350 g/mol. The van der Waals surface area contributed by atoms with Gasteiger partial charge in [0.15, 0.2) is 10.2 Å². The molecule has 2 aromatic rings. The minimum absolute atomic E-state index is 0.815. The van der Waals surface area contributed by atoms with E-state index in [9.17, 15) is 0 Å². The number of thiocarbonyl (C=S) groups is 1. The summed E-state index contributed by atoms with van der Waals surface area (Å²) < 4.78 is 1.22. The number of hydrogen-bond donors (Lipinski definition) is 2. The lowest BCUT2D eigenvalue weighted by molar-refractivity contribution is 0.362. The second-order valence-corrected chi connectivity index (χ2v) is 8.41. The van der Waals surface area contributed by atoms with Crippen molar-refractivity contribution in [1.29, 1.82) is 0 Å². The number of anilines is 2. The van der Waals surface area contributed by atoms with E-state index < -0.39 is 0 Å². The van der Waals surface area contributed by atoms with Gasteiger partial charge in [0, 0.05) is 45.0 Å². The molecular formula is C18H25N5S2. The van der Waals surface area contributed by atoms with Crippen LogP contribution in [-0.2, 0) is 0 Å². The third kappa shape index (κ3) is 3.88. The van der Waals surface area contributed by atoms with E-state index in [1.54, 1.807) is 11.3 Å². The van der Waals surface area contributed by atoms with E-state index in [1.807, 2.05) is 0 Å². The average Bonchev–Trinajstić information content (AvgIpc) is 3.06. The van der Waals surface area contributed by atoms with Crippen molar-refractivity contribution in [2.45, 2.75) is 19.8 Å². The Morgan fingerprint density at radius 1 is 1.24 bits per heavy atom. The van der Waals surface area contributed by atoms with Gasteiger partial charge >= 0.3 is 0 Å². The molecule has 1 aromatic heterocycles. The molecule has 7 heteroatoms. The van der Waals surface area contributed by atoms with E-state index >= 15 is 0 Å². The molecule has 2 fully saturated rings. The summed E-state index contributed by atoms with van der Waals surface area (Å²) in [6.07, 6.45) is 2.53. The summed E-state index contributed by atoms with van der Waals surface area (Å²) in [7, 11) is 0. The van der Waals surface area contributed by atoms with Crippen LogP contribution >= 0.6 is 23.6 Å². The van der Waals surface area contributed by atoms with Gasteiger partial charge < -0.3 is 20.4 Å². The van der Waals surface area contributed by atoms with Crippen LogP contribution in [0, 0.1) is 5.92 Å². The predicted octanol–water partition coefficient (Wildman–Crippen LogP) is 3.13. The van der Waals surface area contributed by atoms with Gasteiger partial charge in [0.25, 0.3) is 0 Å². The SMILES string of the molecule is CC1CCN(c2nc3ccc(NC(=S)N4CCNCC4)cc3s2)CC1. The molecule has 25 heavy (non-hydrogen) atoms. The summed E-state index contributed by atoms with van der Waals surface area (Å²) in [5, 5.41) is 8.72. The monoisotopic (exact) mass is 375 g/mol. The number of aromatic nitrogens is 1. The van der Waals surface area contributed by atoms with Crippen molar-refractivity contribution in [3.63, 3.8) is 0 Å². The Balaban J connectivity index is 1.47. The van der Waals surface area contributed by atoms with Gasteiger partial charge in [-0.25, -0.2) is 4.98 Å². The average molecular weight is 376 g/mol. The van der Waals surface area contributed by atoms with Crippen molar-refractivity contribution >= 4 is 49.7 Å². The van der Waals surface area contributed by atoms with E-state index in [-0.39, 0.29) is 0 Å². The maximum absolute atomic E-state index is 5.56. The summed E-state index contributed by atoms with van der Waals surface area (Å²) >= 11 is 7.35. The minimum atomic E-state index is 0.815. The van der Waals surface area contributed by atoms with Gasteiger partial charge in [0.1, 0.15) is 0 Å². The maximum Gasteiger partial charge on any atom is 0.186 e. The highest BCUT2D eigenvalue weighted by molar-refractivity contribution is 7.80. The largest absolute Gasteiger partial charge is 0.348 e. The zero-order chi connectivity index (χ0) is 17.2. The fourth-order valence-corrected chi connectivity index (χ4v) is 4.75. The molecule has 0 unspecified atom stereocenters. The molecule has 0 bridgehead atoms. The number of hydrogen-bond acceptors (Lipinski definition) is 5. The van der Waals surface area contributed by atoms with E-state index in [0.29, 0.717) is 0 Å². The van der Waals surface area contributed by atoms with Crippen molar-refractivity contribution in [2.24, 2.45) is 5.92 Å². The fraction of sp³-hybridized carbons (Fsp3) is 0.556. The van der Waals surface area contributed by atoms with Crippen molar-refractivity contribution in [3.05, 3.63) is 18.2 Å². The Hall–Kier alpha value is -1.44. The van der Waals surface area contributed by atoms with Gasteiger partial charge in [-0.2, -0.15) is 0 Å². The molecule has 5 nitrogen and oxygen atoms in total. The molecule has 2 N–H and O–H groups in total. The first kappa shape index (κ1) is 17.0. The van der Waals surface area contributed by atoms with Crippen LogP contribution in [0.5, 0.6) is 0 Å². The summed E-state index contributed by atoms with van der Waals surface area (Å²) in [6.45, 7) is 8.51. The highest BCUT2D eigenvalue weighted by atomic mass is 32.1. The molecule has 0 spiro atoms. The number of thiazole rings is 1. The van der Waals surface area contributed by atoms with Crippen LogP contribution in [0.25, 0.3) is 10.2 Å². The zero-order valence-corrected chi connectivity index (χ0v) is 16.3. The molecule has 0 radical (unpaired) electrons. The number of piperazine rings is 1. The second kappa shape index (κ2) is 7.43. The fourth-order valence-electron chi connectivity index (χ4n) is 3.40. The van der Waals surface area contributed by atoms with Crippen molar-refractivity contribution < 1.29 is 0 Å². The van der Waals surface area contributed by atoms with Gasteiger partial charge in [-0.15, -0.1) is 0 Å². The highest BCUT2D eigenvalue weighted by Crippen LogP contribution is 2.32. The molecule has 1 aromatic carbocycles. The van der Waals surface area contributed by atoms with E-state index in [0.717, 1.165) is 66.6 Å². The number of rotatable bonds is 2. The topological polar surface area (TPSA) is 43.4 Å². The first-order valence-electron chi connectivity index (χ1n) is 9.11. The standard InChI is InChI=1S/C18H25N5S2/c1-13-4-8-23(9-5-13)18-21-15-3-2-14(12-16(15)25-18)20-17(24)22-10-6-19-7-11-22/h2-3,12-13,19H,4-11H2,1H3,(H,20,24). The van der Waals surface area contributed by atoms with Gasteiger partial charge in [-0.3, -0.25) is 0 Å². The maximum atomic E-state index is 5.56. The molecule has 0 aliphatic carbocycles. The molecule has 4 rings (SSSR count). The summed E-state index contributed by atoms with van der Waals surface area (Å²) in [6, 6.07) is 6.36. The first-order chi connectivity index (χ1) is 12.2. The van der Waals surface area contributed by atoms with Crippen LogP contribution in [0.4, 0.5) is 10.8 Å². The smallest absolute Gasteiger partial charge is 0.186 e. The second-order valence-electron chi connectivity index (χ2n) is 7.02. The minimum Gasteiger partial charge on any atom is -0.348 e. The first-order valence-corrected chi connectivity index (χ1v) is 10.3. The molecule has 2 aliphatic rings. The Kier molecular flexibility index (Phi) is 5.05. The van der Waals surface area contributed by atoms with E-state index in [1.165, 1.54) is 17.5 Å². The quantitative estimate of drug-likeness (QED) is 0.786. The Morgan fingerprint density at radius 3 is 2.76 bits per heavy atom. The van der Waals surface area contributed by atoms with Crippen molar-refractivity contribution in [2.75, 3.05) is 49.5 Å². The van der Waals surface area contributed by atoms with Gasteiger partial charge in [0.05, 0.1) is 10.2 Å². The number of piperidine rings is 1. The number of nitrogens with zero attached hydrogens (tertiary/aromatic N) is 3. The summed E-state index contributed by atoms with van der Waals surface area (Å²) in [5.41, 5.74) is 2.13. The number of nitrogens with one attached hydrogen (secondary N) is 2. The van der Waals surface area contributed by atoms with Crippen LogP contribution in [-0.4, -0.2) is 54.3 Å². The van der Waals surface area contributed by atoms with Crippen LogP contribution in [0.3, 0.4) is 0 Å². The summed E-state index contributed by atoms with van der Waals surface area (Å²) in [5.74, 6) is 0.840. The lowest BCUT2D eigenvalue weighted by Gasteiger charge is -2.29. The lowest BCUT2D eigenvalue weighted by Crippen LogP contribution is -2.47. The van der Waals surface area contributed by atoms with Crippen molar-refractivity contribution in [1.82, 2.24) is 15.2 Å². The molecule has 0 atom stereocenters. The zero-order valence-electron chi connectivity index (χ0n) is 14.6. The summed E-state index contributed by atoms with van der Waals surface area (Å²) in [4.78, 5) is 9.50. The van der Waals surface area contributed by atoms with Crippen molar-refractivity contribution in [3.8, 4) is 0 Å². The Labute approximate surface area is 158 Å². The normalized spacial score (nSPS) is 19.4. The number of fused-ring (bicyclic) bond motifs is 1. The third-order valence-corrected chi connectivity index (χ3v) is 6.53. The lowest BCUT2D eigenvalue weighted by atomic mass is 10.00. The Bertz CT molecular complexity index is 745. The molecule has 0 amide bonds. The van der Waals surface area contributed by atoms with Crippen LogP contribution in [0.15, 0.2) is 18.2 Å². The predicted molar refractivity (Wildman–Crippen MR) is 111 cm³/mol. The van der Waals surface area contributed by atoms with Gasteiger partial charge in [0.2, 0.25) is 0 Å². The van der Waals surface area contributed by atoms with Gasteiger partial charge in [-0.05, 0) is 49.2 Å². The Morgan fingerprint density at radius 2 is 2.00 bits per heavy atom. The molecule has 134 valence electrons. The highest BCUT2D eigenvalue weighted by Gasteiger charge is 2.19. The van der Waals surface area contributed by atoms with E-state index in [4.69, 9.17) is 17.2 Å². The molecule has 2 saturated heterocycles.